The molecule has 0 aliphatic rings. The van der Waals surface area contributed by atoms with Crippen molar-refractivity contribution in [1.29, 1.82) is 0 Å². The number of carbonyl (C=O) groups excluding carboxylic acids is 1. The maximum atomic E-state index is 12.2. The van der Waals surface area contributed by atoms with E-state index in [9.17, 15) is 4.79 Å². The molecule has 0 saturated heterocycles. The molecule has 2 N–H and O–H groups in total. The van der Waals surface area contributed by atoms with E-state index in [4.69, 9.17) is 14.5 Å². The largest absolute Gasteiger partial charge is 0.497 e. The van der Waals surface area contributed by atoms with Crippen LogP contribution in [0, 0.1) is 0 Å². The lowest BCUT2D eigenvalue weighted by atomic mass is 10.0. The zero-order valence-corrected chi connectivity index (χ0v) is 22.2. The quantitative estimate of drug-likeness (QED) is 0.193. The van der Waals surface area contributed by atoms with Crippen molar-refractivity contribution in [3.8, 4) is 34.0 Å². The second kappa shape index (κ2) is 12.9. The zero-order chi connectivity index (χ0) is 26.0. The molecule has 8 heteroatoms. The van der Waals surface area contributed by atoms with Gasteiger partial charge in [0.1, 0.15) is 11.5 Å². The van der Waals surface area contributed by atoms with Gasteiger partial charge in [-0.25, -0.2) is 9.78 Å². The van der Waals surface area contributed by atoms with Crippen LogP contribution in [0.3, 0.4) is 0 Å². The maximum Gasteiger partial charge on any atom is 0.315 e. The van der Waals surface area contributed by atoms with Gasteiger partial charge in [-0.1, -0.05) is 42.1 Å². The highest BCUT2D eigenvalue weighted by atomic mass is 32.2. The fourth-order valence-corrected chi connectivity index (χ4v) is 4.89. The molecule has 0 saturated carbocycles. The number of hydrogen-bond acceptors (Lipinski definition) is 5. The standard InChI is InChI=1S/C29H32N4O3S/c1-4-33-27(23-12-16-25(36-3)17-13-23)26(22-10-14-24(35-2)15-11-22)32-29(33)37-19-18-30-28(34)31-20-21-8-6-5-7-9-21/h5-17H,4,18-20H2,1-3H3,(H2,30,31,34). The molecule has 0 spiro atoms. The Hall–Kier alpha value is -3.91. The molecule has 0 atom stereocenters. The van der Waals surface area contributed by atoms with Gasteiger partial charge in [0, 0.05) is 36.5 Å². The predicted molar refractivity (Wildman–Crippen MR) is 149 cm³/mol. The third-order valence-corrected chi connectivity index (χ3v) is 6.87. The summed E-state index contributed by atoms with van der Waals surface area (Å²) in [5.74, 6) is 2.30. The molecule has 2 amide bonds. The van der Waals surface area contributed by atoms with E-state index < -0.39 is 0 Å². The van der Waals surface area contributed by atoms with E-state index in [1.165, 1.54) is 0 Å². The summed E-state index contributed by atoms with van der Waals surface area (Å²) >= 11 is 1.63. The molecule has 1 heterocycles. The Kier molecular flexibility index (Phi) is 9.10. The number of ether oxygens (including phenoxy) is 2. The molecule has 0 radical (unpaired) electrons. The average molecular weight is 517 g/mol. The van der Waals surface area contributed by atoms with E-state index in [-0.39, 0.29) is 6.03 Å². The molecule has 4 aromatic rings. The van der Waals surface area contributed by atoms with Crippen LogP contribution in [0.1, 0.15) is 12.5 Å². The molecule has 0 unspecified atom stereocenters. The summed E-state index contributed by atoms with van der Waals surface area (Å²) in [5, 5.41) is 6.74. The molecule has 3 aromatic carbocycles. The van der Waals surface area contributed by atoms with E-state index in [0.717, 1.165) is 51.3 Å². The van der Waals surface area contributed by atoms with Gasteiger partial charge < -0.3 is 24.7 Å². The number of imidazole rings is 1. The van der Waals surface area contributed by atoms with Crippen LogP contribution < -0.4 is 20.1 Å². The van der Waals surface area contributed by atoms with Crippen LogP contribution in [0.25, 0.3) is 22.5 Å². The summed E-state index contributed by atoms with van der Waals surface area (Å²) in [4.78, 5) is 17.3. The normalized spacial score (nSPS) is 10.7. The number of aromatic nitrogens is 2. The molecule has 0 fully saturated rings. The first-order chi connectivity index (χ1) is 18.1. The van der Waals surface area contributed by atoms with Gasteiger partial charge in [0.2, 0.25) is 0 Å². The molecule has 1 aromatic heterocycles. The van der Waals surface area contributed by atoms with Gasteiger partial charge in [-0.3, -0.25) is 0 Å². The van der Waals surface area contributed by atoms with Gasteiger partial charge in [0.05, 0.1) is 25.6 Å². The topological polar surface area (TPSA) is 77.4 Å². The summed E-state index contributed by atoms with van der Waals surface area (Å²) < 4.78 is 12.9. The minimum atomic E-state index is -0.180. The number of methoxy groups -OCH3 is 2. The number of urea groups is 1. The summed E-state index contributed by atoms with van der Waals surface area (Å²) in [6.45, 7) is 3.90. The molecule has 0 aliphatic carbocycles. The molecule has 37 heavy (non-hydrogen) atoms. The summed E-state index contributed by atoms with van der Waals surface area (Å²) in [6.07, 6.45) is 0. The highest BCUT2D eigenvalue weighted by Crippen LogP contribution is 2.37. The number of hydrogen-bond donors (Lipinski definition) is 2. The summed E-state index contributed by atoms with van der Waals surface area (Å²) in [6, 6.07) is 25.7. The fourth-order valence-electron chi connectivity index (χ4n) is 3.98. The predicted octanol–water partition coefficient (Wildman–Crippen LogP) is 5.85. The first-order valence-corrected chi connectivity index (χ1v) is 13.2. The highest BCUT2D eigenvalue weighted by molar-refractivity contribution is 7.99. The van der Waals surface area contributed by atoms with E-state index in [1.54, 1.807) is 26.0 Å². The van der Waals surface area contributed by atoms with Crippen molar-refractivity contribution in [2.24, 2.45) is 0 Å². The minimum absolute atomic E-state index is 0.180. The van der Waals surface area contributed by atoms with Crippen LogP contribution in [-0.4, -0.2) is 42.1 Å². The second-order valence-corrected chi connectivity index (χ2v) is 9.30. The van der Waals surface area contributed by atoms with Crippen molar-refractivity contribution >= 4 is 17.8 Å². The van der Waals surface area contributed by atoms with E-state index >= 15 is 0 Å². The molecular formula is C29H32N4O3S. The SMILES string of the molecule is CCn1c(SCCNC(=O)NCc2ccccc2)nc(-c2ccc(OC)cc2)c1-c1ccc(OC)cc1. The third kappa shape index (κ3) is 6.65. The Bertz CT molecular complexity index is 1290. The Morgan fingerprint density at radius 2 is 1.49 bits per heavy atom. The molecule has 0 bridgehead atoms. The van der Waals surface area contributed by atoms with Crippen LogP contribution >= 0.6 is 11.8 Å². The first-order valence-electron chi connectivity index (χ1n) is 12.2. The molecular weight excluding hydrogens is 484 g/mol. The third-order valence-electron chi connectivity index (χ3n) is 5.89. The van der Waals surface area contributed by atoms with Crippen LogP contribution in [0.2, 0.25) is 0 Å². The summed E-state index contributed by atoms with van der Waals surface area (Å²) in [5.41, 5.74) is 5.09. The van der Waals surface area contributed by atoms with Gasteiger partial charge in [-0.15, -0.1) is 0 Å². The van der Waals surface area contributed by atoms with Crippen LogP contribution in [0.5, 0.6) is 11.5 Å². The molecule has 4 rings (SSSR count). The van der Waals surface area contributed by atoms with Crippen molar-refractivity contribution in [3.05, 3.63) is 84.4 Å². The Morgan fingerprint density at radius 1 is 0.865 bits per heavy atom. The van der Waals surface area contributed by atoms with Crippen LogP contribution in [0.4, 0.5) is 4.79 Å². The van der Waals surface area contributed by atoms with Gasteiger partial charge in [0.15, 0.2) is 5.16 Å². The Balaban J connectivity index is 1.49. The molecule has 0 aliphatic heterocycles. The van der Waals surface area contributed by atoms with Gasteiger partial charge in [-0.2, -0.15) is 0 Å². The Morgan fingerprint density at radius 3 is 2.08 bits per heavy atom. The fraction of sp³-hybridized carbons (Fsp3) is 0.241. The molecule has 192 valence electrons. The smallest absolute Gasteiger partial charge is 0.315 e. The van der Waals surface area contributed by atoms with Gasteiger partial charge >= 0.3 is 6.03 Å². The lowest BCUT2D eigenvalue weighted by molar-refractivity contribution is 0.241. The number of amides is 2. The zero-order valence-electron chi connectivity index (χ0n) is 21.4. The minimum Gasteiger partial charge on any atom is -0.497 e. The van der Waals surface area contributed by atoms with Crippen LogP contribution in [0.15, 0.2) is 84.0 Å². The lowest BCUT2D eigenvalue weighted by Crippen LogP contribution is -2.36. The molecule has 7 nitrogen and oxygen atoms in total. The Labute approximate surface area is 222 Å². The lowest BCUT2D eigenvalue weighted by Gasteiger charge is -2.12. The van der Waals surface area contributed by atoms with Crippen molar-refractivity contribution in [3.63, 3.8) is 0 Å². The number of carbonyl (C=O) groups is 1. The van der Waals surface area contributed by atoms with Gasteiger partial charge in [-0.05, 0) is 61.0 Å². The second-order valence-electron chi connectivity index (χ2n) is 8.24. The van der Waals surface area contributed by atoms with Crippen molar-refractivity contribution in [2.75, 3.05) is 26.5 Å². The number of nitrogens with one attached hydrogen (secondary N) is 2. The van der Waals surface area contributed by atoms with E-state index in [2.05, 4.69) is 34.3 Å². The van der Waals surface area contributed by atoms with Crippen molar-refractivity contribution in [2.45, 2.75) is 25.2 Å². The van der Waals surface area contributed by atoms with Gasteiger partial charge in [0.25, 0.3) is 0 Å². The number of rotatable bonds is 11. The van der Waals surface area contributed by atoms with Crippen LogP contribution in [-0.2, 0) is 13.1 Å². The van der Waals surface area contributed by atoms with Crippen molar-refractivity contribution in [1.82, 2.24) is 20.2 Å². The number of nitrogens with zero attached hydrogens (tertiary/aromatic N) is 2. The maximum absolute atomic E-state index is 12.2. The number of benzene rings is 3. The highest BCUT2D eigenvalue weighted by Gasteiger charge is 2.20. The summed E-state index contributed by atoms with van der Waals surface area (Å²) in [7, 11) is 3.33. The van der Waals surface area contributed by atoms with Crippen molar-refractivity contribution < 1.29 is 14.3 Å². The number of thioether (sulfide) groups is 1. The first kappa shape index (κ1) is 26.2. The van der Waals surface area contributed by atoms with E-state index in [1.807, 2.05) is 66.7 Å². The van der Waals surface area contributed by atoms with E-state index in [0.29, 0.717) is 18.8 Å². The monoisotopic (exact) mass is 516 g/mol. The average Bonchev–Trinajstić information content (AvgIpc) is 3.33.